The Hall–Kier alpha value is -1.86. The molecule has 6 nitrogen and oxygen atoms in total. The molecule has 0 saturated heterocycles. The quantitative estimate of drug-likeness (QED) is 0.616. The van der Waals surface area contributed by atoms with E-state index in [1.165, 1.54) is 0 Å². The zero-order valence-electron chi connectivity index (χ0n) is 8.70. The standard InChI is InChI=1S/C10H10N4O2S/c11-7-8(9(12)15)13-14(10(7)16)5-1-3-6(17)4-2-5/h1-4,7,17H,11H2,(H2,12,15). The van der Waals surface area contributed by atoms with Gasteiger partial charge in [0.25, 0.3) is 11.8 Å². The monoisotopic (exact) mass is 250 g/mol. The Kier molecular flexibility index (Phi) is 2.86. The van der Waals surface area contributed by atoms with Crippen LogP contribution in [0.5, 0.6) is 0 Å². The first-order valence-electron chi connectivity index (χ1n) is 4.77. The smallest absolute Gasteiger partial charge is 0.270 e. The minimum Gasteiger partial charge on any atom is -0.364 e. The Bertz CT molecular complexity index is 512. The molecule has 0 aliphatic carbocycles. The number of hydrogen-bond donors (Lipinski definition) is 3. The molecule has 0 radical (unpaired) electrons. The summed E-state index contributed by atoms with van der Waals surface area (Å²) in [7, 11) is 0. The highest BCUT2D eigenvalue weighted by Crippen LogP contribution is 2.21. The van der Waals surface area contributed by atoms with Gasteiger partial charge in [-0.2, -0.15) is 10.1 Å². The first-order valence-corrected chi connectivity index (χ1v) is 5.22. The lowest BCUT2D eigenvalue weighted by atomic mass is 10.2. The van der Waals surface area contributed by atoms with E-state index >= 15 is 0 Å². The number of rotatable bonds is 2. The van der Waals surface area contributed by atoms with Crippen LogP contribution in [-0.2, 0) is 9.59 Å². The summed E-state index contributed by atoms with van der Waals surface area (Å²) in [4.78, 5) is 23.5. The van der Waals surface area contributed by atoms with Gasteiger partial charge in [-0.3, -0.25) is 9.59 Å². The van der Waals surface area contributed by atoms with E-state index in [1.54, 1.807) is 24.3 Å². The van der Waals surface area contributed by atoms with Crippen LogP contribution in [0.2, 0.25) is 0 Å². The van der Waals surface area contributed by atoms with Gasteiger partial charge in [-0.15, -0.1) is 12.6 Å². The molecule has 7 heteroatoms. The van der Waals surface area contributed by atoms with Crippen molar-refractivity contribution in [2.45, 2.75) is 10.9 Å². The topological polar surface area (TPSA) is 102 Å². The van der Waals surface area contributed by atoms with Gasteiger partial charge in [0.1, 0.15) is 6.04 Å². The average molecular weight is 250 g/mol. The summed E-state index contributed by atoms with van der Waals surface area (Å²) in [6.07, 6.45) is 0. The largest absolute Gasteiger partial charge is 0.364 e. The molecule has 1 aromatic rings. The number of carbonyl (C=O) groups excluding carboxylic acids is 2. The second kappa shape index (κ2) is 4.19. The molecular weight excluding hydrogens is 240 g/mol. The zero-order valence-corrected chi connectivity index (χ0v) is 9.59. The number of anilines is 1. The van der Waals surface area contributed by atoms with Crippen LogP contribution in [0.25, 0.3) is 0 Å². The molecule has 0 aromatic heterocycles. The highest BCUT2D eigenvalue weighted by atomic mass is 32.1. The fraction of sp³-hybridized carbons (Fsp3) is 0.100. The number of nitrogens with two attached hydrogens (primary N) is 2. The lowest BCUT2D eigenvalue weighted by molar-refractivity contribution is -0.118. The number of primary amides is 1. The molecule has 1 heterocycles. The van der Waals surface area contributed by atoms with Crippen molar-refractivity contribution in [1.29, 1.82) is 0 Å². The number of amides is 2. The van der Waals surface area contributed by atoms with E-state index in [-0.39, 0.29) is 5.71 Å². The first kappa shape index (κ1) is 11.6. The molecule has 88 valence electrons. The molecule has 1 atom stereocenters. The average Bonchev–Trinajstić information content (AvgIpc) is 2.58. The molecule has 4 N–H and O–H groups in total. The second-order valence-corrected chi connectivity index (χ2v) is 4.01. The van der Waals surface area contributed by atoms with E-state index in [4.69, 9.17) is 11.5 Å². The lowest BCUT2D eigenvalue weighted by Gasteiger charge is -2.12. The predicted octanol–water partition coefficient (Wildman–Crippen LogP) is -0.510. The number of thiol groups is 1. The van der Waals surface area contributed by atoms with Gasteiger partial charge in [0.15, 0.2) is 5.71 Å². The highest BCUT2D eigenvalue weighted by Gasteiger charge is 2.36. The Labute approximate surface area is 103 Å². The molecule has 1 aliphatic rings. The molecule has 2 rings (SSSR count). The van der Waals surface area contributed by atoms with E-state index in [2.05, 4.69) is 17.7 Å². The number of carbonyl (C=O) groups is 2. The maximum atomic E-state index is 11.8. The molecule has 17 heavy (non-hydrogen) atoms. The molecule has 0 spiro atoms. The van der Waals surface area contributed by atoms with Crippen molar-refractivity contribution in [2.75, 3.05) is 5.01 Å². The number of hydrazone groups is 1. The molecule has 0 fully saturated rings. The van der Waals surface area contributed by atoms with Crippen molar-refractivity contribution < 1.29 is 9.59 Å². The Morgan fingerprint density at radius 2 is 1.94 bits per heavy atom. The molecule has 1 aromatic carbocycles. The molecule has 2 amide bonds. The highest BCUT2D eigenvalue weighted by molar-refractivity contribution is 7.80. The summed E-state index contributed by atoms with van der Waals surface area (Å²) in [5.74, 6) is -1.27. The van der Waals surface area contributed by atoms with Crippen LogP contribution < -0.4 is 16.5 Å². The summed E-state index contributed by atoms with van der Waals surface area (Å²) in [6, 6.07) is 5.62. The van der Waals surface area contributed by atoms with Gasteiger partial charge in [-0.25, -0.2) is 0 Å². The normalized spacial score (nSPS) is 19.4. The van der Waals surface area contributed by atoms with Crippen molar-refractivity contribution in [2.24, 2.45) is 16.6 Å². The summed E-state index contributed by atoms with van der Waals surface area (Å²) in [5.41, 5.74) is 11.0. The van der Waals surface area contributed by atoms with E-state index in [0.717, 1.165) is 9.90 Å². The fourth-order valence-corrected chi connectivity index (χ4v) is 1.60. The Balaban J connectivity index is 2.37. The van der Waals surface area contributed by atoms with Gasteiger partial charge in [-0.1, -0.05) is 0 Å². The van der Waals surface area contributed by atoms with Crippen molar-refractivity contribution >= 4 is 35.8 Å². The van der Waals surface area contributed by atoms with Crippen molar-refractivity contribution in [3.05, 3.63) is 24.3 Å². The minimum atomic E-state index is -1.09. The van der Waals surface area contributed by atoms with E-state index < -0.39 is 17.9 Å². The number of hydrogen-bond acceptors (Lipinski definition) is 5. The maximum absolute atomic E-state index is 11.8. The molecule has 1 aliphatic heterocycles. The summed E-state index contributed by atoms with van der Waals surface area (Å²) >= 11 is 4.13. The Morgan fingerprint density at radius 1 is 1.35 bits per heavy atom. The van der Waals surface area contributed by atoms with Gasteiger partial charge in [0.05, 0.1) is 5.69 Å². The minimum absolute atomic E-state index is 0.134. The van der Waals surface area contributed by atoms with Gasteiger partial charge < -0.3 is 11.5 Å². The molecule has 0 saturated carbocycles. The van der Waals surface area contributed by atoms with Gasteiger partial charge in [0.2, 0.25) is 0 Å². The van der Waals surface area contributed by atoms with Crippen molar-refractivity contribution in [1.82, 2.24) is 0 Å². The first-order chi connectivity index (χ1) is 8.00. The van der Waals surface area contributed by atoms with E-state index in [9.17, 15) is 9.59 Å². The van der Waals surface area contributed by atoms with E-state index in [0.29, 0.717) is 5.69 Å². The number of benzene rings is 1. The van der Waals surface area contributed by atoms with Crippen LogP contribution in [-0.4, -0.2) is 23.6 Å². The van der Waals surface area contributed by atoms with Gasteiger partial charge in [0, 0.05) is 4.90 Å². The van der Waals surface area contributed by atoms with Crippen LogP contribution in [0.15, 0.2) is 34.3 Å². The van der Waals surface area contributed by atoms with Crippen molar-refractivity contribution in [3.63, 3.8) is 0 Å². The third-order valence-electron chi connectivity index (χ3n) is 2.32. The van der Waals surface area contributed by atoms with Gasteiger partial charge >= 0.3 is 0 Å². The van der Waals surface area contributed by atoms with Crippen molar-refractivity contribution in [3.8, 4) is 0 Å². The number of nitrogens with zero attached hydrogens (tertiary/aromatic N) is 2. The van der Waals surface area contributed by atoms with Crippen LogP contribution in [0.4, 0.5) is 5.69 Å². The summed E-state index contributed by atoms with van der Waals surface area (Å²) in [6.45, 7) is 0. The second-order valence-electron chi connectivity index (χ2n) is 3.49. The molecule has 1 unspecified atom stereocenters. The summed E-state index contributed by atoms with van der Waals surface area (Å²) in [5, 5.41) is 4.89. The predicted molar refractivity (Wildman–Crippen MR) is 65.8 cm³/mol. The molecular formula is C10H10N4O2S. The van der Waals surface area contributed by atoms with Crippen LogP contribution in [0, 0.1) is 0 Å². The zero-order chi connectivity index (χ0) is 12.6. The fourth-order valence-electron chi connectivity index (χ4n) is 1.45. The summed E-state index contributed by atoms with van der Waals surface area (Å²) < 4.78 is 0. The third kappa shape index (κ3) is 2.02. The third-order valence-corrected chi connectivity index (χ3v) is 2.62. The van der Waals surface area contributed by atoms with Crippen LogP contribution in [0.1, 0.15) is 0 Å². The molecule has 0 bridgehead atoms. The lowest BCUT2D eigenvalue weighted by Crippen LogP contribution is -2.43. The Morgan fingerprint density at radius 3 is 2.41 bits per heavy atom. The SMILES string of the molecule is NC(=O)C1=NN(c2ccc(S)cc2)C(=O)C1N. The van der Waals surface area contributed by atoms with Crippen LogP contribution >= 0.6 is 12.6 Å². The maximum Gasteiger partial charge on any atom is 0.270 e. The van der Waals surface area contributed by atoms with Crippen LogP contribution in [0.3, 0.4) is 0 Å². The van der Waals surface area contributed by atoms with Gasteiger partial charge in [-0.05, 0) is 24.3 Å². The van der Waals surface area contributed by atoms with E-state index in [1.807, 2.05) is 0 Å².